The van der Waals surface area contributed by atoms with E-state index in [0.29, 0.717) is 23.2 Å². The van der Waals surface area contributed by atoms with Gasteiger partial charge in [-0.25, -0.2) is 4.79 Å². The van der Waals surface area contributed by atoms with Gasteiger partial charge in [0, 0.05) is 31.4 Å². The molecule has 1 aromatic heterocycles. The lowest BCUT2D eigenvalue weighted by molar-refractivity contribution is -0.139. The van der Waals surface area contributed by atoms with Crippen LogP contribution in [0, 0.1) is 6.92 Å². The van der Waals surface area contributed by atoms with Gasteiger partial charge in [0.2, 0.25) is 0 Å². The van der Waals surface area contributed by atoms with Crippen LogP contribution in [0.1, 0.15) is 58.8 Å². The predicted octanol–water partition coefficient (Wildman–Crippen LogP) is 1.70. The highest BCUT2D eigenvalue weighted by Gasteiger charge is 2.26. The van der Waals surface area contributed by atoms with E-state index < -0.39 is 17.9 Å². The summed E-state index contributed by atoms with van der Waals surface area (Å²) in [6, 6.07) is -1.04. The summed E-state index contributed by atoms with van der Waals surface area (Å²) >= 11 is 0. The van der Waals surface area contributed by atoms with Crippen molar-refractivity contribution in [3.8, 4) is 0 Å². The Hall–Kier alpha value is -2.15. The molecule has 0 spiro atoms. The van der Waals surface area contributed by atoms with E-state index in [1.165, 1.54) is 14.0 Å². The topological polar surface area (TPSA) is 108 Å². The maximum absolute atomic E-state index is 12.4. The summed E-state index contributed by atoms with van der Waals surface area (Å²) in [5.41, 5.74) is 2.04. The molecule has 3 N–H and O–H groups in total. The minimum Gasteiger partial charge on any atom is -0.480 e. The molecule has 1 aromatic rings. The Morgan fingerprint density at radius 1 is 1.35 bits per heavy atom. The standard InChI is InChI=1S/C16H24N2O5/c1-5-6-11-13(10(3)19)9(2)17-14(11)15(20)18-12(16(21)22)7-8-23-4/h12,17H,5-8H2,1-4H3,(H,18,20)(H,21,22). The molecule has 1 atom stereocenters. The number of amides is 1. The van der Waals surface area contributed by atoms with Gasteiger partial charge in [0.25, 0.3) is 5.91 Å². The molecular formula is C16H24N2O5. The maximum Gasteiger partial charge on any atom is 0.326 e. The lowest BCUT2D eigenvalue weighted by Crippen LogP contribution is -2.42. The number of aromatic amines is 1. The smallest absolute Gasteiger partial charge is 0.326 e. The first-order chi connectivity index (χ1) is 10.8. The van der Waals surface area contributed by atoms with Crippen LogP contribution in [0.15, 0.2) is 0 Å². The van der Waals surface area contributed by atoms with Gasteiger partial charge in [0.05, 0.1) is 0 Å². The van der Waals surface area contributed by atoms with Gasteiger partial charge in [-0.1, -0.05) is 13.3 Å². The number of aryl methyl sites for hydroxylation is 1. The minimum absolute atomic E-state index is 0.115. The molecule has 1 rings (SSSR count). The quantitative estimate of drug-likeness (QED) is 0.599. The van der Waals surface area contributed by atoms with E-state index in [4.69, 9.17) is 4.74 Å². The molecule has 0 aromatic carbocycles. The highest BCUT2D eigenvalue weighted by molar-refractivity contribution is 6.03. The molecule has 1 unspecified atom stereocenters. The first-order valence-corrected chi connectivity index (χ1v) is 7.58. The first-order valence-electron chi connectivity index (χ1n) is 7.58. The maximum atomic E-state index is 12.4. The van der Waals surface area contributed by atoms with E-state index >= 15 is 0 Å². The van der Waals surface area contributed by atoms with Crippen molar-refractivity contribution in [1.29, 1.82) is 0 Å². The Balaban J connectivity index is 3.09. The van der Waals surface area contributed by atoms with Crippen LogP contribution in [0.5, 0.6) is 0 Å². The molecule has 0 aliphatic heterocycles. The van der Waals surface area contributed by atoms with Crippen LogP contribution in [-0.2, 0) is 16.0 Å². The fourth-order valence-electron chi connectivity index (χ4n) is 2.57. The van der Waals surface area contributed by atoms with Crippen molar-refractivity contribution >= 4 is 17.7 Å². The Morgan fingerprint density at radius 2 is 2.00 bits per heavy atom. The van der Waals surface area contributed by atoms with Crippen LogP contribution in [0.25, 0.3) is 0 Å². The number of rotatable bonds is 9. The molecule has 0 aliphatic rings. The van der Waals surface area contributed by atoms with E-state index in [1.54, 1.807) is 6.92 Å². The molecule has 0 saturated heterocycles. The van der Waals surface area contributed by atoms with Crippen LogP contribution in [-0.4, -0.2) is 47.5 Å². The molecule has 0 fully saturated rings. The van der Waals surface area contributed by atoms with Gasteiger partial charge in [-0.3, -0.25) is 9.59 Å². The van der Waals surface area contributed by atoms with Gasteiger partial charge < -0.3 is 20.1 Å². The predicted molar refractivity (Wildman–Crippen MR) is 84.9 cm³/mol. The van der Waals surface area contributed by atoms with Crippen molar-refractivity contribution < 1.29 is 24.2 Å². The molecule has 0 radical (unpaired) electrons. The number of methoxy groups -OCH3 is 1. The number of hydrogen-bond acceptors (Lipinski definition) is 4. The van der Waals surface area contributed by atoms with Crippen LogP contribution in [0.4, 0.5) is 0 Å². The SMILES string of the molecule is CCCc1c(C(=O)NC(CCOC)C(=O)O)[nH]c(C)c1C(C)=O. The van der Waals surface area contributed by atoms with Crippen molar-refractivity contribution in [3.05, 3.63) is 22.5 Å². The van der Waals surface area contributed by atoms with Gasteiger partial charge >= 0.3 is 5.97 Å². The Morgan fingerprint density at radius 3 is 2.48 bits per heavy atom. The molecule has 1 amide bonds. The fourth-order valence-corrected chi connectivity index (χ4v) is 2.57. The van der Waals surface area contributed by atoms with Gasteiger partial charge in [0.1, 0.15) is 11.7 Å². The third kappa shape index (κ3) is 4.66. The summed E-state index contributed by atoms with van der Waals surface area (Å²) in [5, 5.41) is 11.7. The Bertz CT molecular complexity index is 592. The van der Waals surface area contributed by atoms with Crippen LogP contribution >= 0.6 is 0 Å². The number of nitrogens with one attached hydrogen (secondary N) is 2. The average Bonchev–Trinajstić information content (AvgIpc) is 2.80. The third-order valence-corrected chi connectivity index (χ3v) is 3.58. The molecule has 7 nitrogen and oxygen atoms in total. The van der Waals surface area contributed by atoms with Gasteiger partial charge in [0.15, 0.2) is 5.78 Å². The largest absolute Gasteiger partial charge is 0.480 e. The van der Waals surface area contributed by atoms with E-state index in [-0.39, 0.29) is 24.5 Å². The molecule has 7 heteroatoms. The first kappa shape index (κ1) is 18.9. The zero-order chi connectivity index (χ0) is 17.6. The Kier molecular flexibility index (Phi) is 6.96. The van der Waals surface area contributed by atoms with E-state index in [9.17, 15) is 19.5 Å². The monoisotopic (exact) mass is 324 g/mol. The Labute approximate surface area is 135 Å². The van der Waals surface area contributed by atoms with Gasteiger partial charge in [-0.15, -0.1) is 0 Å². The number of aliphatic carboxylic acids is 1. The number of ketones is 1. The van der Waals surface area contributed by atoms with Crippen molar-refractivity contribution in [2.75, 3.05) is 13.7 Å². The molecule has 0 aliphatic carbocycles. The van der Waals surface area contributed by atoms with E-state index in [1.807, 2.05) is 6.92 Å². The normalized spacial score (nSPS) is 12.0. The summed E-state index contributed by atoms with van der Waals surface area (Å²) in [7, 11) is 1.47. The molecule has 0 bridgehead atoms. The van der Waals surface area contributed by atoms with E-state index in [2.05, 4.69) is 10.3 Å². The van der Waals surface area contributed by atoms with E-state index in [0.717, 1.165) is 6.42 Å². The zero-order valence-corrected chi connectivity index (χ0v) is 14.0. The van der Waals surface area contributed by atoms with Crippen molar-refractivity contribution in [2.24, 2.45) is 0 Å². The third-order valence-electron chi connectivity index (χ3n) is 3.58. The van der Waals surface area contributed by atoms with Crippen LogP contribution < -0.4 is 5.32 Å². The number of aromatic nitrogens is 1. The number of carboxylic acid groups (broad SMARTS) is 1. The number of Topliss-reactive ketones (excluding diaryl/α,β-unsaturated/α-hetero) is 1. The minimum atomic E-state index is -1.12. The second-order valence-corrected chi connectivity index (χ2v) is 5.43. The number of H-pyrrole nitrogens is 1. The highest BCUT2D eigenvalue weighted by Crippen LogP contribution is 2.21. The van der Waals surface area contributed by atoms with Gasteiger partial charge in [-0.05, 0) is 25.8 Å². The average molecular weight is 324 g/mol. The zero-order valence-electron chi connectivity index (χ0n) is 14.0. The van der Waals surface area contributed by atoms with Crippen LogP contribution in [0.3, 0.4) is 0 Å². The molecule has 23 heavy (non-hydrogen) atoms. The lowest BCUT2D eigenvalue weighted by atomic mass is 10.0. The summed E-state index contributed by atoms with van der Waals surface area (Å²) < 4.78 is 4.86. The second kappa shape index (κ2) is 8.47. The number of carboxylic acids is 1. The fraction of sp³-hybridized carbons (Fsp3) is 0.562. The van der Waals surface area contributed by atoms with Crippen molar-refractivity contribution in [1.82, 2.24) is 10.3 Å². The summed E-state index contributed by atoms with van der Waals surface area (Å²) in [6.07, 6.45) is 1.50. The number of hydrogen-bond donors (Lipinski definition) is 3. The molecule has 1 heterocycles. The number of carbonyl (C=O) groups excluding carboxylic acids is 2. The summed E-state index contributed by atoms with van der Waals surface area (Å²) in [4.78, 5) is 38.4. The van der Waals surface area contributed by atoms with Crippen molar-refractivity contribution in [2.45, 2.75) is 46.1 Å². The summed E-state index contributed by atoms with van der Waals surface area (Å²) in [5.74, 6) is -1.76. The number of carbonyl (C=O) groups is 3. The number of ether oxygens (including phenoxy) is 1. The van der Waals surface area contributed by atoms with Gasteiger partial charge in [-0.2, -0.15) is 0 Å². The van der Waals surface area contributed by atoms with Crippen LogP contribution in [0.2, 0.25) is 0 Å². The second-order valence-electron chi connectivity index (χ2n) is 5.43. The molecular weight excluding hydrogens is 300 g/mol. The molecule has 0 saturated carbocycles. The molecule has 128 valence electrons. The lowest BCUT2D eigenvalue weighted by Gasteiger charge is -2.14. The summed E-state index contributed by atoms with van der Waals surface area (Å²) in [6.45, 7) is 5.36. The highest BCUT2D eigenvalue weighted by atomic mass is 16.5. The van der Waals surface area contributed by atoms with Crippen molar-refractivity contribution in [3.63, 3.8) is 0 Å².